The van der Waals surface area contributed by atoms with Gasteiger partial charge in [0, 0.05) is 18.5 Å². The molecule has 1 aromatic rings. The molecule has 3 atom stereocenters. The lowest BCUT2D eigenvalue weighted by Gasteiger charge is -2.23. The van der Waals surface area contributed by atoms with Crippen LogP contribution < -0.4 is 15.4 Å². The SMILES string of the molecule is Cl.O=C(N[C@H]1CCCNC1)C1CC1c1ccccc1OC(F)F. The van der Waals surface area contributed by atoms with Crippen LogP contribution in [0.2, 0.25) is 0 Å². The molecule has 2 fully saturated rings. The Morgan fingerprint density at radius 2 is 2.13 bits per heavy atom. The molecule has 2 aliphatic rings. The lowest BCUT2D eigenvalue weighted by molar-refractivity contribution is -0.123. The predicted octanol–water partition coefficient (Wildman–Crippen LogP) is 2.68. The Morgan fingerprint density at radius 3 is 2.83 bits per heavy atom. The van der Waals surface area contributed by atoms with Crippen LogP contribution in [0.3, 0.4) is 0 Å². The Hall–Kier alpha value is -1.40. The van der Waals surface area contributed by atoms with Gasteiger partial charge in [-0.3, -0.25) is 4.79 Å². The number of alkyl halides is 2. The molecule has 0 aromatic heterocycles. The summed E-state index contributed by atoms with van der Waals surface area (Å²) in [5, 5.41) is 6.31. The van der Waals surface area contributed by atoms with Gasteiger partial charge in [-0.15, -0.1) is 12.4 Å². The summed E-state index contributed by atoms with van der Waals surface area (Å²) in [7, 11) is 0. The zero-order valence-electron chi connectivity index (χ0n) is 12.6. The molecule has 1 amide bonds. The number of rotatable bonds is 5. The Kier molecular flexibility index (Phi) is 6.18. The summed E-state index contributed by atoms with van der Waals surface area (Å²) >= 11 is 0. The number of hydrogen-bond acceptors (Lipinski definition) is 3. The van der Waals surface area contributed by atoms with E-state index in [2.05, 4.69) is 15.4 Å². The van der Waals surface area contributed by atoms with Gasteiger partial charge in [-0.1, -0.05) is 18.2 Å². The van der Waals surface area contributed by atoms with Gasteiger partial charge in [0.05, 0.1) is 0 Å². The van der Waals surface area contributed by atoms with E-state index in [9.17, 15) is 13.6 Å². The quantitative estimate of drug-likeness (QED) is 0.862. The van der Waals surface area contributed by atoms with Crippen LogP contribution in [0.4, 0.5) is 8.78 Å². The molecule has 2 N–H and O–H groups in total. The van der Waals surface area contributed by atoms with Crippen molar-refractivity contribution in [2.45, 2.75) is 37.8 Å². The maximum Gasteiger partial charge on any atom is 0.387 e. The molecule has 1 saturated heterocycles. The molecule has 0 radical (unpaired) electrons. The van der Waals surface area contributed by atoms with Gasteiger partial charge in [0.15, 0.2) is 0 Å². The van der Waals surface area contributed by atoms with Crippen molar-refractivity contribution in [3.05, 3.63) is 29.8 Å². The molecule has 2 unspecified atom stereocenters. The second kappa shape index (κ2) is 7.93. The number of carbonyl (C=O) groups is 1. The van der Waals surface area contributed by atoms with Gasteiger partial charge in [0.25, 0.3) is 0 Å². The van der Waals surface area contributed by atoms with Gasteiger partial charge in [0.2, 0.25) is 5.91 Å². The van der Waals surface area contributed by atoms with E-state index in [0.29, 0.717) is 12.0 Å². The molecule has 128 valence electrons. The van der Waals surface area contributed by atoms with E-state index in [1.165, 1.54) is 6.07 Å². The summed E-state index contributed by atoms with van der Waals surface area (Å²) in [4.78, 5) is 12.3. The molecule has 1 aromatic carbocycles. The molecule has 1 aliphatic carbocycles. The van der Waals surface area contributed by atoms with Crippen molar-refractivity contribution in [3.63, 3.8) is 0 Å². The van der Waals surface area contributed by atoms with E-state index in [1.54, 1.807) is 18.2 Å². The third-order valence-electron chi connectivity index (χ3n) is 4.31. The number of para-hydroxylation sites is 1. The average Bonchev–Trinajstić information content (AvgIpc) is 3.29. The molecule has 1 saturated carbocycles. The first-order valence-corrected chi connectivity index (χ1v) is 7.70. The van der Waals surface area contributed by atoms with Crippen molar-refractivity contribution in [1.82, 2.24) is 10.6 Å². The number of hydrogen-bond donors (Lipinski definition) is 2. The fourth-order valence-electron chi connectivity index (χ4n) is 3.10. The minimum atomic E-state index is -2.85. The molecule has 1 heterocycles. The van der Waals surface area contributed by atoms with Gasteiger partial charge in [0.1, 0.15) is 5.75 Å². The van der Waals surface area contributed by atoms with Crippen molar-refractivity contribution in [2.24, 2.45) is 5.92 Å². The van der Waals surface area contributed by atoms with Crippen LogP contribution in [0.25, 0.3) is 0 Å². The van der Waals surface area contributed by atoms with E-state index >= 15 is 0 Å². The molecule has 7 heteroatoms. The van der Waals surface area contributed by atoms with Crippen molar-refractivity contribution >= 4 is 18.3 Å². The second-order valence-electron chi connectivity index (χ2n) is 5.92. The summed E-state index contributed by atoms with van der Waals surface area (Å²) in [6, 6.07) is 6.91. The Morgan fingerprint density at radius 1 is 1.35 bits per heavy atom. The topological polar surface area (TPSA) is 50.4 Å². The largest absolute Gasteiger partial charge is 0.435 e. The minimum Gasteiger partial charge on any atom is -0.435 e. The zero-order chi connectivity index (χ0) is 15.5. The number of halogens is 3. The fraction of sp³-hybridized carbons (Fsp3) is 0.562. The number of benzene rings is 1. The highest BCUT2D eigenvalue weighted by molar-refractivity contribution is 5.85. The van der Waals surface area contributed by atoms with Crippen LogP contribution >= 0.6 is 12.4 Å². The van der Waals surface area contributed by atoms with E-state index in [4.69, 9.17) is 0 Å². The van der Waals surface area contributed by atoms with Crippen molar-refractivity contribution in [2.75, 3.05) is 13.1 Å². The predicted molar refractivity (Wildman–Crippen MR) is 85.2 cm³/mol. The lowest BCUT2D eigenvalue weighted by atomic mass is 10.1. The van der Waals surface area contributed by atoms with Gasteiger partial charge in [-0.25, -0.2) is 0 Å². The van der Waals surface area contributed by atoms with E-state index < -0.39 is 6.61 Å². The summed E-state index contributed by atoms with van der Waals surface area (Å²) < 4.78 is 29.4. The smallest absolute Gasteiger partial charge is 0.387 e. The monoisotopic (exact) mass is 346 g/mol. The standard InChI is InChI=1S/C16H20F2N2O2.ClH/c17-16(18)22-14-6-2-1-5-11(14)12-8-13(12)15(21)20-10-4-3-7-19-9-10;/h1-2,5-6,10,12-13,16,19H,3-4,7-9H2,(H,20,21);1H/t10-,12?,13?;/m0./s1. The van der Waals surface area contributed by atoms with Crippen LogP contribution in [0, 0.1) is 5.92 Å². The van der Waals surface area contributed by atoms with Crippen LogP contribution in [0.1, 0.15) is 30.7 Å². The first-order valence-electron chi connectivity index (χ1n) is 7.70. The zero-order valence-corrected chi connectivity index (χ0v) is 13.5. The number of nitrogens with one attached hydrogen (secondary N) is 2. The number of carbonyl (C=O) groups excluding carboxylic acids is 1. The maximum absolute atomic E-state index is 12.4. The summed E-state index contributed by atoms with van der Waals surface area (Å²) in [5.41, 5.74) is 0.699. The summed E-state index contributed by atoms with van der Waals surface area (Å²) in [6.45, 7) is -1.05. The van der Waals surface area contributed by atoms with E-state index in [1.807, 2.05) is 0 Å². The van der Waals surface area contributed by atoms with Crippen LogP contribution in [-0.4, -0.2) is 31.7 Å². The first-order chi connectivity index (χ1) is 10.6. The number of piperidine rings is 1. The Labute approximate surface area is 140 Å². The maximum atomic E-state index is 12.4. The summed E-state index contributed by atoms with van der Waals surface area (Å²) in [5.74, 6) is 0.0403. The third-order valence-corrected chi connectivity index (χ3v) is 4.31. The van der Waals surface area contributed by atoms with E-state index in [0.717, 1.165) is 25.9 Å². The van der Waals surface area contributed by atoms with Gasteiger partial charge >= 0.3 is 6.61 Å². The van der Waals surface area contributed by atoms with Gasteiger partial charge < -0.3 is 15.4 Å². The first kappa shape index (κ1) is 17.9. The molecule has 3 rings (SSSR count). The summed E-state index contributed by atoms with van der Waals surface area (Å²) in [6.07, 6.45) is 2.74. The van der Waals surface area contributed by atoms with E-state index in [-0.39, 0.29) is 41.9 Å². The normalized spacial score (nSPS) is 26.3. The van der Waals surface area contributed by atoms with Crippen LogP contribution in [-0.2, 0) is 4.79 Å². The molecule has 4 nitrogen and oxygen atoms in total. The molecular formula is C16H21ClF2N2O2. The average molecular weight is 347 g/mol. The molecule has 23 heavy (non-hydrogen) atoms. The van der Waals surface area contributed by atoms with Crippen LogP contribution in [0.15, 0.2) is 24.3 Å². The van der Waals surface area contributed by atoms with Crippen LogP contribution in [0.5, 0.6) is 5.75 Å². The highest BCUT2D eigenvalue weighted by atomic mass is 35.5. The molecule has 1 aliphatic heterocycles. The van der Waals surface area contributed by atoms with Gasteiger partial charge in [-0.2, -0.15) is 8.78 Å². The molecule has 0 spiro atoms. The van der Waals surface area contributed by atoms with Gasteiger partial charge in [-0.05, 0) is 43.4 Å². The van der Waals surface area contributed by atoms with Crippen molar-refractivity contribution in [1.29, 1.82) is 0 Å². The Balaban J connectivity index is 0.00000192. The van der Waals surface area contributed by atoms with Crippen molar-refractivity contribution in [3.8, 4) is 5.75 Å². The number of ether oxygens (including phenoxy) is 1. The minimum absolute atomic E-state index is 0. The third kappa shape index (κ3) is 4.54. The molecular weight excluding hydrogens is 326 g/mol. The Bertz CT molecular complexity index is 539. The number of amides is 1. The highest BCUT2D eigenvalue weighted by Crippen LogP contribution is 2.50. The second-order valence-corrected chi connectivity index (χ2v) is 5.92. The fourth-order valence-corrected chi connectivity index (χ4v) is 3.10. The van der Waals surface area contributed by atoms with Crippen molar-refractivity contribution < 1.29 is 18.3 Å². The molecule has 0 bridgehead atoms. The highest BCUT2D eigenvalue weighted by Gasteiger charge is 2.45. The lowest BCUT2D eigenvalue weighted by Crippen LogP contribution is -2.46.